The SMILES string of the molecule is C[C@@H](O)[C@H](NC(=O)c1ccc(C#Cc2ccc(CC(=O)N[C@@H](CCCCN)C(=O)O)cc2)cc1)C(=O)NO. The molecule has 11 heteroatoms. The molecule has 0 saturated heterocycles. The first kappa shape index (κ1) is 30.0. The van der Waals surface area contributed by atoms with E-state index < -0.39 is 36.0 Å². The molecule has 202 valence electrons. The number of unbranched alkanes of at least 4 members (excludes halogenated alkanes) is 1. The Hall–Kier alpha value is -4.24. The third-order valence-corrected chi connectivity index (χ3v) is 5.56. The standard InChI is InChI=1S/C27H32N4O7/c1-17(32)24(26(35)31-38)30-25(34)21-13-11-19(12-14-21)6-5-18-7-9-20(10-8-18)16-23(33)29-22(27(36)37)4-2-3-15-28/h7-14,17,22,24,32,38H,2-4,15-16,28H2,1H3,(H,29,33)(H,30,34)(H,31,35)(H,36,37)/t17-,22+,24+/m1/s1. The average molecular weight is 525 g/mol. The monoisotopic (exact) mass is 524 g/mol. The van der Waals surface area contributed by atoms with E-state index in [-0.39, 0.29) is 17.9 Å². The van der Waals surface area contributed by atoms with Crippen molar-refractivity contribution >= 4 is 23.7 Å². The van der Waals surface area contributed by atoms with E-state index in [1.807, 2.05) is 0 Å². The molecule has 2 rings (SSSR count). The highest BCUT2D eigenvalue weighted by Gasteiger charge is 2.25. The molecule has 0 spiro atoms. The van der Waals surface area contributed by atoms with E-state index in [1.54, 1.807) is 36.4 Å². The van der Waals surface area contributed by atoms with E-state index in [1.165, 1.54) is 24.5 Å². The van der Waals surface area contributed by atoms with Gasteiger partial charge in [0.15, 0.2) is 0 Å². The van der Waals surface area contributed by atoms with Gasteiger partial charge in [-0.2, -0.15) is 0 Å². The molecule has 2 aromatic carbocycles. The Morgan fingerprint density at radius 1 is 0.921 bits per heavy atom. The van der Waals surface area contributed by atoms with Crippen molar-refractivity contribution in [1.82, 2.24) is 16.1 Å². The van der Waals surface area contributed by atoms with Crippen molar-refractivity contribution in [3.05, 3.63) is 70.8 Å². The zero-order valence-corrected chi connectivity index (χ0v) is 20.9. The van der Waals surface area contributed by atoms with E-state index in [0.717, 1.165) is 0 Å². The van der Waals surface area contributed by atoms with Crippen LogP contribution in [0.1, 0.15) is 53.2 Å². The first-order valence-corrected chi connectivity index (χ1v) is 12.0. The third-order valence-electron chi connectivity index (χ3n) is 5.56. The molecule has 0 aliphatic carbocycles. The number of hydrogen-bond acceptors (Lipinski definition) is 7. The van der Waals surface area contributed by atoms with Gasteiger partial charge in [0, 0.05) is 16.7 Å². The zero-order chi connectivity index (χ0) is 28.1. The van der Waals surface area contributed by atoms with Crippen molar-refractivity contribution in [3.63, 3.8) is 0 Å². The van der Waals surface area contributed by atoms with Crippen molar-refractivity contribution in [1.29, 1.82) is 0 Å². The lowest BCUT2D eigenvalue weighted by molar-refractivity contribution is -0.142. The molecule has 0 aliphatic rings. The highest BCUT2D eigenvalue weighted by molar-refractivity contribution is 5.97. The molecule has 0 radical (unpaired) electrons. The molecule has 0 aliphatic heterocycles. The van der Waals surface area contributed by atoms with Crippen LogP contribution in [0.3, 0.4) is 0 Å². The quantitative estimate of drug-likeness (QED) is 0.0893. The first-order chi connectivity index (χ1) is 18.1. The van der Waals surface area contributed by atoms with Crippen molar-refractivity contribution in [2.24, 2.45) is 5.73 Å². The molecular formula is C27H32N4O7. The summed E-state index contributed by atoms with van der Waals surface area (Å²) < 4.78 is 0. The van der Waals surface area contributed by atoms with Gasteiger partial charge >= 0.3 is 5.97 Å². The van der Waals surface area contributed by atoms with Crippen LogP contribution in [0.4, 0.5) is 0 Å². The largest absolute Gasteiger partial charge is 0.480 e. The molecule has 0 heterocycles. The van der Waals surface area contributed by atoms with Gasteiger partial charge in [0.05, 0.1) is 12.5 Å². The van der Waals surface area contributed by atoms with Crippen LogP contribution in [0.5, 0.6) is 0 Å². The molecule has 3 atom stereocenters. The number of nitrogens with two attached hydrogens (primary N) is 1. The number of aliphatic carboxylic acids is 1. The minimum Gasteiger partial charge on any atom is -0.480 e. The number of hydroxylamine groups is 1. The van der Waals surface area contributed by atoms with Crippen LogP contribution < -0.4 is 21.8 Å². The summed E-state index contributed by atoms with van der Waals surface area (Å²) in [5.74, 6) is 2.94. The number of carbonyl (C=O) groups excluding carboxylic acids is 3. The summed E-state index contributed by atoms with van der Waals surface area (Å²) in [6, 6.07) is 11.0. The summed E-state index contributed by atoms with van der Waals surface area (Å²) in [7, 11) is 0. The predicted molar refractivity (Wildman–Crippen MR) is 138 cm³/mol. The van der Waals surface area contributed by atoms with E-state index in [0.29, 0.717) is 42.5 Å². The molecule has 0 fully saturated rings. The Bertz CT molecular complexity index is 1170. The van der Waals surface area contributed by atoms with Crippen molar-refractivity contribution in [3.8, 4) is 11.8 Å². The Morgan fingerprint density at radius 3 is 2.00 bits per heavy atom. The number of carboxylic acid groups (broad SMARTS) is 1. The Morgan fingerprint density at radius 2 is 1.50 bits per heavy atom. The van der Waals surface area contributed by atoms with Crippen LogP contribution in [-0.4, -0.2) is 63.8 Å². The van der Waals surface area contributed by atoms with Gasteiger partial charge in [0.2, 0.25) is 5.91 Å². The van der Waals surface area contributed by atoms with Gasteiger partial charge in [0.25, 0.3) is 11.8 Å². The number of carboxylic acids is 1. The maximum Gasteiger partial charge on any atom is 0.326 e. The Balaban J connectivity index is 1.95. The van der Waals surface area contributed by atoms with Gasteiger partial charge in [-0.25, -0.2) is 10.3 Å². The van der Waals surface area contributed by atoms with Gasteiger partial charge in [0.1, 0.15) is 12.1 Å². The normalized spacial score (nSPS) is 12.7. The predicted octanol–water partition coefficient (Wildman–Crippen LogP) is 0.312. The smallest absolute Gasteiger partial charge is 0.326 e. The Labute approximate surface area is 220 Å². The number of rotatable bonds is 12. The second-order valence-electron chi connectivity index (χ2n) is 8.61. The number of carbonyl (C=O) groups is 4. The first-order valence-electron chi connectivity index (χ1n) is 12.0. The number of amides is 3. The number of benzene rings is 2. The molecule has 3 amide bonds. The minimum atomic E-state index is -1.32. The average Bonchev–Trinajstić information content (AvgIpc) is 2.90. The maximum absolute atomic E-state index is 12.3. The molecule has 0 unspecified atom stereocenters. The van der Waals surface area contributed by atoms with E-state index in [4.69, 9.17) is 10.9 Å². The number of aliphatic hydroxyl groups is 1. The van der Waals surface area contributed by atoms with Crippen LogP contribution in [-0.2, 0) is 20.8 Å². The molecule has 38 heavy (non-hydrogen) atoms. The van der Waals surface area contributed by atoms with Crippen LogP contribution in [0, 0.1) is 11.8 Å². The van der Waals surface area contributed by atoms with Crippen LogP contribution in [0.25, 0.3) is 0 Å². The summed E-state index contributed by atoms with van der Waals surface area (Å²) in [5, 5.41) is 32.6. The molecule has 0 aromatic heterocycles. The summed E-state index contributed by atoms with van der Waals surface area (Å²) in [5.41, 5.74) is 9.09. The Kier molecular flexibility index (Phi) is 11.9. The van der Waals surface area contributed by atoms with E-state index in [9.17, 15) is 29.4 Å². The van der Waals surface area contributed by atoms with Gasteiger partial charge in [-0.3, -0.25) is 19.6 Å². The van der Waals surface area contributed by atoms with Crippen LogP contribution >= 0.6 is 0 Å². The van der Waals surface area contributed by atoms with Gasteiger partial charge in [-0.1, -0.05) is 24.0 Å². The topological polar surface area (TPSA) is 191 Å². The molecule has 2 aromatic rings. The zero-order valence-electron chi connectivity index (χ0n) is 20.9. The highest BCUT2D eigenvalue weighted by atomic mass is 16.5. The molecular weight excluding hydrogens is 492 g/mol. The molecule has 0 bridgehead atoms. The second-order valence-corrected chi connectivity index (χ2v) is 8.61. The lowest BCUT2D eigenvalue weighted by Gasteiger charge is -2.19. The lowest BCUT2D eigenvalue weighted by Crippen LogP contribution is -2.51. The van der Waals surface area contributed by atoms with Gasteiger partial charge in [-0.05, 0) is 74.7 Å². The third kappa shape index (κ3) is 9.67. The fourth-order valence-electron chi connectivity index (χ4n) is 3.44. The fraction of sp³-hybridized carbons (Fsp3) is 0.333. The fourth-order valence-corrected chi connectivity index (χ4v) is 3.44. The van der Waals surface area contributed by atoms with E-state index >= 15 is 0 Å². The van der Waals surface area contributed by atoms with Gasteiger partial charge < -0.3 is 26.6 Å². The highest BCUT2D eigenvalue weighted by Crippen LogP contribution is 2.08. The summed E-state index contributed by atoms with van der Waals surface area (Å²) in [6.07, 6.45) is 0.446. The number of nitrogens with one attached hydrogen (secondary N) is 3. The van der Waals surface area contributed by atoms with Crippen molar-refractivity contribution in [2.75, 3.05) is 6.54 Å². The second kappa shape index (κ2) is 15.1. The van der Waals surface area contributed by atoms with Gasteiger partial charge in [-0.15, -0.1) is 0 Å². The number of hydrogen-bond donors (Lipinski definition) is 7. The minimum absolute atomic E-state index is 0.0355. The summed E-state index contributed by atoms with van der Waals surface area (Å²) in [4.78, 5) is 47.6. The van der Waals surface area contributed by atoms with E-state index in [2.05, 4.69) is 22.5 Å². The summed E-state index contributed by atoms with van der Waals surface area (Å²) in [6.45, 7) is 1.78. The summed E-state index contributed by atoms with van der Waals surface area (Å²) >= 11 is 0. The van der Waals surface area contributed by atoms with Crippen LogP contribution in [0.15, 0.2) is 48.5 Å². The van der Waals surface area contributed by atoms with Crippen molar-refractivity contribution in [2.45, 2.75) is 50.8 Å². The molecule has 11 nitrogen and oxygen atoms in total. The lowest BCUT2D eigenvalue weighted by atomic mass is 10.1. The molecule has 8 N–H and O–H groups in total. The maximum atomic E-state index is 12.3. The van der Waals surface area contributed by atoms with Crippen molar-refractivity contribution < 1.29 is 34.6 Å². The molecule has 0 saturated carbocycles. The van der Waals surface area contributed by atoms with Crippen LogP contribution in [0.2, 0.25) is 0 Å². The number of aliphatic hydroxyl groups excluding tert-OH is 1.